The summed E-state index contributed by atoms with van der Waals surface area (Å²) >= 11 is 0. The third-order valence-corrected chi connectivity index (χ3v) is 31.8. The lowest BCUT2D eigenvalue weighted by Crippen LogP contribution is -2.55. The molecule has 5 aromatic rings. The minimum atomic E-state index is -0.00647. The number of amides is 3. The van der Waals surface area contributed by atoms with Crippen molar-refractivity contribution in [3.63, 3.8) is 0 Å². The molecule has 108 heavy (non-hydrogen) atoms. The van der Waals surface area contributed by atoms with Crippen LogP contribution in [0.15, 0.2) is 140 Å². The standard InChI is InChI=1S/C27H34N2O.C26H36N2O2.C23H34N2O.C21H27N.2H2/c1-20(30)28-26-19-27(25-10-6-5-9-24(25)26)15-17-29(18-16-27)23-13-11-22(12-14-23)21-7-3-2-4-8-21;29-25(30-23-6-2-3-7-23)28-20-9-10-21(28)18-22(17-20)27-15-13-26(14-16-27)12-11-19-5-1-4-8-24(19)26;1-18(26)24-22-17-23(21-12-8-7-11-20(21)22)13-15-25(16-14-23)19-9-5-3-2-4-6-10-19;1-2-4-20-17(3-1)7-8-21(20)9-11-22(12-10-21)15-19-14-16-5-6-18(19)13-16;;/h2-10,22-23,26H,11-19H2,1H3,(H,28,30);1,4-5,8,20-23H,2-3,6-7,9-18H2;7-8,11-12,19,22H,2-6,9-10,13-17H2,1H3,(H,24,26);1-6,16,18-19H,7-15H2;2*1H/t22?,23?,26-;;22-;16-,18-,19+;;/m0.00../s1. The van der Waals surface area contributed by atoms with Crippen LogP contribution in [0, 0.1) is 17.8 Å². The highest BCUT2D eigenvalue weighted by Crippen LogP contribution is 2.55. The van der Waals surface area contributed by atoms with Gasteiger partial charge in [0.25, 0.3) is 0 Å². The number of likely N-dealkylation sites (tertiary alicyclic amines) is 4. The number of carbonyl (C=O) groups excluding carboxylic acids is 3. The van der Waals surface area contributed by atoms with Crippen LogP contribution in [-0.2, 0) is 48.8 Å². The van der Waals surface area contributed by atoms with Gasteiger partial charge < -0.3 is 39.9 Å². The number of allylic oxidation sites excluding steroid dienone is 2. The molecule has 10 fully saturated rings. The van der Waals surface area contributed by atoms with Crippen molar-refractivity contribution in [2.24, 2.45) is 17.8 Å². The molecule has 4 saturated carbocycles. The van der Waals surface area contributed by atoms with E-state index in [1.807, 2.05) is 0 Å². The number of fused-ring (bicyclic) bond motifs is 12. The number of benzene rings is 5. The maximum Gasteiger partial charge on any atom is 0.410 e. The first-order valence-corrected chi connectivity index (χ1v) is 44.4. The molecule has 9 aliphatic carbocycles. The Labute approximate surface area is 652 Å². The Morgan fingerprint density at radius 2 is 0.852 bits per heavy atom. The molecule has 6 aliphatic heterocycles. The van der Waals surface area contributed by atoms with Crippen LogP contribution < -0.4 is 10.6 Å². The number of nitrogens with zero attached hydrogens (tertiary/aromatic N) is 5. The van der Waals surface area contributed by atoms with Crippen LogP contribution in [0.5, 0.6) is 0 Å². The SMILES string of the molecule is C1=C[C@H]2C[C@H]1C[C@@H]2CN1CCC2(CCc3ccccc32)CC1.CC(=O)N[C@H]1CC2(CCN(C3CCC(c4ccccc4)CC3)CC2)c2ccccc21.CC(=O)N[C@H]1CC2(CCN(C3CCCCCCC3)CC2)c2ccccc21.O=C(OC1CCCC1)N1C2CCC1CC(N1CCC3(CCc4ccccc43)CC1)C2.[HH].[HH]. The molecular formula is C97H135N7O4. The van der Waals surface area contributed by atoms with E-state index in [1.54, 1.807) is 36.1 Å². The van der Waals surface area contributed by atoms with E-state index < -0.39 is 0 Å². The zero-order valence-corrected chi connectivity index (χ0v) is 66.2. The van der Waals surface area contributed by atoms with Crippen molar-refractivity contribution < 1.29 is 22.0 Å². The Bertz CT molecular complexity index is 3890. The minimum Gasteiger partial charge on any atom is -0.446 e. The van der Waals surface area contributed by atoms with Crippen LogP contribution in [0.2, 0.25) is 0 Å². The molecule has 0 aromatic heterocycles. The smallest absolute Gasteiger partial charge is 0.410 e. The number of hydrogen-bond donors (Lipinski definition) is 2. The van der Waals surface area contributed by atoms with E-state index in [0.29, 0.717) is 29.0 Å². The highest BCUT2D eigenvalue weighted by Gasteiger charge is 2.52. The summed E-state index contributed by atoms with van der Waals surface area (Å²) in [6.45, 7) is 14.6. The normalized spacial score (nSPS) is 30.7. The molecular weight excluding hydrogens is 1330 g/mol. The molecule has 5 aromatic carbocycles. The summed E-state index contributed by atoms with van der Waals surface area (Å²) in [5.41, 5.74) is 15.3. The van der Waals surface area contributed by atoms with Crippen molar-refractivity contribution in [3.05, 3.63) is 190 Å². The fraction of sp³-hybridized carbons (Fsp3) is 0.639. The number of ether oxygens (including phenoxy) is 1. The van der Waals surface area contributed by atoms with E-state index in [0.717, 1.165) is 74.3 Å². The van der Waals surface area contributed by atoms with Crippen LogP contribution in [0.4, 0.5) is 4.79 Å². The topological polar surface area (TPSA) is 101 Å². The molecule has 7 atom stereocenters. The van der Waals surface area contributed by atoms with Gasteiger partial charge in [-0.05, 0) is 330 Å². The molecule has 15 aliphatic rings. The van der Waals surface area contributed by atoms with Gasteiger partial charge in [-0.15, -0.1) is 0 Å². The number of aryl methyl sites for hydroxylation is 2. The average molecular weight is 1460 g/mol. The van der Waals surface area contributed by atoms with E-state index in [-0.39, 0.29) is 49.8 Å². The van der Waals surface area contributed by atoms with Crippen LogP contribution in [0.25, 0.3) is 0 Å². The van der Waals surface area contributed by atoms with E-state index >= 15 is 0 Å². The Hall–Kier alpha value is -6.11. The fourth-order valence-electron chi connectivity index (χ4n) is 25.9. The predicted molar refractivity (Wildman–Crippen MR) is 441 cm³/mol. The molecule has 11 heteroatoms. The number of carbonyl (C=O) groups is 3. The second kappa shape index (κ2) is 32.9. The molecule has 2 N–H and O–H groups in total. The Morgan fingerprint density at radius 3 is 1.35 bits per heavy atom. The van der Waals surface area contributed by atoms with Gasteiger partial charge in [0.15, 0.2) is 0 Å². The van der Waals surface area contributed by atoms with E-state index in [4.69, 9.17) is 4.74 Å². The van der Waals surface area contributed by atoms with Gasteiger partial charge in [0, 0.05) is 64.3 Å². The summed E-state index contributed by atoms with van der Waals surface area (Å²) in [7, 11) is 0. The monoisotopic (exact) mass is 1460 g/mol. The highest BCUT2D eigenvalue weighted by atomic mass is 16.6. The van der Waals surface area contributed by atoms with Crippen LogP contribution >= 0.6 is 0 Å². The molecule has 6 saturated heterocycles. The lowest BCUT2D eigenvalue weighted by atomic mass is 9.72. The number of hydrogen-bond acceptors (Lipinski definition) is 8. The molecule has 4 spiro atoms. The molecule has 6 heterocycles. The molecule has 20 rings (SSSR count). The van der Waals surface area contributed by atoms with Crippen molar-refractivity contribution in [1.29, 1.82) is 0 Å². The van der Waals surface area contributed by atoms with Gasteiger partial charge >= 0.3 is 6.09 Å². The molecule has 2 unspecified atom stereocenters. The summed E-state index contributed by atoms with van der Waals surface area (Å²) in [5.74, 6) is 3.72. The summed E-state index contributed by atoms with van der Waals surface area (Å²) in [5, 5.41) is 6.42. The molecule has 0 radical (unpaired) electrons. The maximum atomic E-state index is 12.9. The van der Waals surface area contributed by atoms with Crippen molar-refractivity contribution in [1.82, 2.24) is 35.1 Å². The number of piperidine rings is 5. The summed E-state index contributed by atoms with van der Waals surface area (Å²) in [4.78, 5) is 49.6. The Morgan fingerprint density at radius 1 is 0.417 bits per heavy atom. The molecule has 582 valence electrons. The number of nitrogens with one attached hydrogen (secondary N) is 2. The summed E-state index contributed by atoms with van der Waals surface area (Å²) in [6.07, 6.45) is 50.4. The van der Waals surface area contributed by atoms with Gasteiger partial charge in [-0.25, -0.2) is 4.79 Å². The third kappa shape index (κ3) is 15.8. The minimum absolute atomic E-state index is 0. The highest BCUT2D eigenvalue weighted by molar-refractivity contribution is 5.74. The Kier molecular flexibility index (Phi) is 22.7. The molecule has 11 nitrogen and oxygen atoms in total. The first-order chi connectivity index (χ1) is 52.9. The lowest BCUT2D eigenvalue weighted by molar-refractivity contribution is -0.120. The van der Waals surface area contributed by atoms with Crippen LogP contribution in [-0.4, -0.2) is 138 Å². The second-order valence-corrected chi connectivity index (χ2v) is 37.6. The van der Waals surface area contributed by atoms with E-state index in [9.17, 15) is 14.4 Å². The zero-order chi connectivity index (χ0) is 73.2. The van der Waals surface area contributed by atoms with E-state index in [2.05, 4.69) is 175 Å². The quantitative estimate of drug-likeness (QED) is 0.141. The third-order valence-electron chi connectivity index (χ3n) is 31.8. The van der Waals surface area contributed by atoms with Crippen molar-refractivity contribution in [2.75, 3.05) is 58.9 Å². The van der Waals surface area contributed by atoms with Gasteiger partial charge in [0.1, 0.15) is 6.10 Å². The van der Waals surface area contributed by atoms with Gasteiger partial charge in [-0.1, -0.05) is 172 Å². The first-order valence-electron chi connectivity index (χ1n) is 44.4. The summed E-state index contributed by atoms with van der Waals surface area (Å²) < 4.78 is 5.88. The van der Waals surface area contributed by atoms with Gasteiger partial charge in [-0.3, -0.25) is 9.59 Å². The number of rotatable bonds is 9. The maximum absolute atomic E-state index is 12.9. The van der Waals surface area contributed by atoms with Crippen LogP contribution in [0.1, 0.15) is 297 Å². The predicted octanol–water partition coefficient (Wildman–Crippen LogP) is 19.8. The zero-order valence-electron chi connectivity index (χ0n) is 66.2. The van der Waals surface area contributed by atoms with Gasteiger partial charge in [-0.2, -0.15) is 0 Å². The van der Waals surface area contributed by atoms with Crippen molar-refractivity contribution in [2.45, 2.75) is 315 Å². The molecule has 4 bridgehead atoms. The first kappa shape index (κ1) is 74.6. The van der Waals surface area contributed by atoms with Crippen molar-refractivity contribution >= 4 is 17.9 Å². The average Bonchev–Trinajstić information content (AvgIpc) is 1.60. The fourth-order valence-corrected chi connectivity index (χ4v) is 25.9. The Balaban J connectivity index is 0.000000116. The van der Waals surface area contributed by atoms with Crippen LogP contribution in [0.3, 0.4) is 0 Å². The van der Waals surface area contributed by atoms with Crippen molar-refractivity contribution in [3.8, 4) is 0 Å². The van der Waals surface area contributed by atoms with Gasteiger partial charge in [0.2, 0.25) is 11.8 Å². The summed E-state index contributed by atoms with van der Waals surface area (Å²) in [6, 6.07) is 50.6. The van der Waals surface area contributed by atoms with E-state index in [1.165, 1.54) is 273 Å². The second-order valence-electron chi connectivity index (χ2n) is 37.6. The lowest BCUT2D eigenvalue weighted by Gasteiger charge is -2.47. The molecule has 3 amide bonds. The van der Waals surface area contributed by atoms with Gasteiger partial charge in [0.05, 0.1) is 12.1 Å². The largest absolute Gasteiger partial charge is 0.446 e.